The summed E-state index contributed by atoms with van der Waals surface area (Å²) in [6, 6.07) is 13.5. The zero-order valence-electron chi connectivity index (χ0n) is 20.6. The van der Waals surface area contributed by atoms with E-state index in [-0.39, 0.29) is 17.7 Å². The van der Waals surface area contributed by atoms with E-state index in [0.717, 1.165) is 30.6 Å². The summed E-state index contributed by atoms with van der Waals surface area (Å²) in [5, 5.41) is 5.29. The van der Waals surface area contributed by atoms with Crippen LogP contribution in [0.25, 0.3) is 0 Å². The van der Waals surface area contributed by atoms with Gasteiger partial charge in [-0.3, -0.25) is 0 Å². The number of halogens is 3. The lowest BCUT2D eigenvalue weighted by Gasteiger charge is -2.42. The molecule has 198 valence electrons. The van der Waals surface area contributed by atoms with Gasteiger partial charge in [-0.05, 0) is 86.0 Å². The summed E-state index contributed by atoms with van der Waals surface area (Å²) in [6.07, 6.45) is 8.20. The fourth-order valence-corrected chi connectivity index (χ4v) is 7.15. The van der Waals surface area contributed by atoms with Crippen molar-refractivity contribution in [3.63, 3.8) is 0 Å². The van der Waals surface area contributed by atoms with Gasteiger partial charge in [0, 0.05) is 40.4 Å². The van der Waals surface area contributed by atoms with Gasteiger partial charge in [-0.1, -0.05) is 60.1 Å². The van der Waals surface area contributed by atoms with Gasteiger partial charge in [0.05, 0.1) is 11.8 Å². The van der Waals surface area contributed by atoms with Crippen LogP contribution >= 0.6 is 34.8 Å². The van der Waals surface area contributed by atoms with E-state index in [2.05, 4.69) is 14.9 Å². The molecule has 1 aliphatic carbocycles. The fraction of sp³-hybridized carbons (Fsp3) is 0.556. The Morgan fingerprint density at radius 1 is 0.833 bits per heavy atom. The largest absolute Gasteiger partial charge is 0.364 e. The van der Waals surface area contributed by atoms with Crippen LogP contribution in [0.3, 0.4) is 0 Å². The molecule has 1 heterocycles. The molecule has 36 heavy (non-hydrogen) atoms. The van der Waals surface area contributed by atoms with Crippen molar-refractivity contribution in [3.05, 3.63) is 63.1 Å². The molecule has 0 amide bonds. The number of nitrogens with one attached hydrogen (secondary N) is 2. The minimum absolute atomic E-state index is 0.0767. The number of anilines is 1. The van der Waals surface area contributed by atoms with Gasteiger partial charge >= 0.3 is 0 Å². The molecule has 0 spiro atoms. The zero-order chi connectivity index (χ0) is 25.5. The van der Waals surface area contributed by atoms with Crippen LogP contribution in [0, 0.1) is 11.8 Å². The number of benzene rings is 2. The summed E-state index contributed by atoms with van der Waals surface area (Å²) < 4.78 is 28.2. The first-order valence-electron chi connectivity index (χ1n) is 13.0. The highest BCUT2D eigenvalue weighted by Gasteiger charge is 2.31. The molecule has 2 fully saturated rings. The Labute approximate surface area is 230 Å². The molecule has 0 bridgehead atoms. The maximum absolute atomic E-state index is 12.7. The molecule has 0 aromatic heterocycles. The van der Waals surface area contributed by atoms with Crippen molar-refractivity contribution in [1.29, 1.82) is 0 Å². The Bertz CT molecular complexity index is 1090. The van der Waals surface area contributed by atoms with E-state index in [1.807, 2.05) is 36.4 Å². The summed E-state index contributed by atoms with van der Waals surface area (Å²) in [5.74, 6) is 0.988. The van der Waals surface area contributed by atoms with E-state index in [4.69, 9.17) is 34.8 Å². The number of nitrogens with zero attached hydrogens (tertiary/aromatic N) is 1. The molecule has 5 nitrogen and oxygen atoms in total. The van der Waals surface area contributed by atoms with Gasteiger partial charge in [0.2, 0.25) is 10.0 Å². The van der Waals surface area contributed by atoms with Crippen molar-refractivity contribution in [2.75, 3.05) is 36.8 Å². The average Bonchev–Trinajstić information content (AvgIpc) is 2.87. The molecule has 9 heteroatoms. The van der Waals surface area contributed by atoms with Crippen LogP contribution < -0.4 is 14.9 Å². The summed E-state index contributed by atoms with van der Waals surface area (Å²) in [4.78, 5) is 2.31. The lowest BCUT2D eigenvalue weighted by Crippen LogP contribution is -2.43. The van der Waals surface area contributed by atoms with Gasteiger partial charge < -0.3 is 10.2 Å². The number of rotatable bonds is 10. The summed E-state index contributed by atoms with van der Waals surface area (Å²) in [5.41, 5.74) is 2.06. The Morgan fingerprint density at radius 3 is 2.28 bits per heavy atom. The molecule has 2 aromatic carbocycles. The van der Waals surface area contributed by atoms with Crippen molar-refractivity contribution in [2.45, 2.75) is 51.0 Å². The van der Waals surface area contributed by atoms with Crippen molar-refractivity contribution in [2.24, 2.45) is 11.8 Å². The average molecular weight is 573 g/mol. The van der Waals surface area contributed by atoms with Gasteiger partial charge in [0.1, 0.15) is 0 Å². The minimum Gasteiger partial charge on any atom is -0.364 e. The smallest absolute Gasteiger partial charge is 0.212 e. The topological polar surface area (TPSA) is 61.4 Å². The van der Waals surface area contributed by atoms with Crippen molar-refractivity contribution in [3.8, 4) is 0 Å². The van der Waals surface area contributed by atoms with Gasteiger partial charge in [-0.25, -0.2) is 13.1 Å². The normalized spacial score (nSPS) is 21.6. The van der Waals surface area contributed by atoms with E-state index < -0.39 is 10.0 Å². The quantitative estimate of drug-likeness (QED) is 0.311. The van der Waals surface area contributed by atoms with E-state index in [1.165, 1.54) is 32.1 Å². The lowest BCUT2D eigenvalue weighted by molar-refractivity contribution is 0.344. The molecule has 0 unspecified atom stereocenters. The minimum atomic E-state index is -3.33. The number of sulfonamides is 1. The summed E-state index contributed by atoms with van der Waals surface area (Å²) in [6.45, 7) is 2.55. The van der Waals surface area contributed by atoms with Crippen LogP contribution in [-0.4, -0.2) is 40.3 Å². The highest BCUT2D eigenvalue weighted by molar-refractivity contribution is 7.89. The second kappa shape index (κ2) is 13.2. The van der Waals surface area contributed by atoms with Crippen molar-refractivity contribution in [1.82, 2.24) is 10.0 Å². The van der Waals surface area contributed by atoms with Crippen molar-refractivity contribution < 1.29 is 8.42 Å². The van der Waals surface area contributed by atoms with Gasteiger partial charge in [0.25, 0.3) is 0 Å². The third-order valence-electron chi connectivity index (χ3n) is 7.46. The van der Waals surface area contributed by atoms with E-state index in [1.54, 1.807) is 6.07 Å². The van der Waals surface area contributed by atoms with Crippen LogP contribution in [0.15, 0.2) is 42.5 Å². The van der Waals surface area contributed by atoms with Crippen LogP contribution in [0.1, 0.15) is 56.6 Å². The van der Waals surface area contributed by atoms with Crippen LogP contribution in [0.2, 0.25) is 15.1 Å². The fourth-order valence-electron chi connectivity index (χ4n) is 5.45. The Kier molecular flexibility index (Phi) is 10.2. The standard InChI is InChI=1S/C27H36Cl3N3O2S/c28-22-7-10-24(11-8-22)33-19-21(6-13-27(33)25-12-9-23(29)16-26(25)30)18-32-36(34,35)15-14-31-17-20-4-2-1-3-5-20/h7-12,16,20-21,27,31-32H,1-6,13-15,17-19H2/t21-,27-/m0/s1. The van der Waals surface area contributed by atoms with E-state index in [0.29, 0.717) is 40.6 Å². The SMILES string of the molecule is O=S(=O)(CCNCC1CCCCC1)NC[C@@H]1CC[C@@H](c2ccc(Cl)cc2Cl)N(c2ccc(Cl)cc2)C1. The first-order chi connectivity index (χ1) is 17.3. The molecule has 2 aromatic rings. The molecule has 2 aliphatic rings. The first-order valence-corrected chi connectivity index (χ1v) is 15.7. The Hall–Kier alpha value is -1.02. The van der Waals surface area contributed by atoms with Crippen LogP contribution in [0.5, 0.6) is 0 Å². The van der Waals surface area contributed by atoms with Gasteiger partial charge in [-0.2, -0.15) is 0 Å². The first kappa shape index (κ1) is 28.0. The predicted octanol–water partition coefficient (Wildman–Crippen LogP) is 6.69. The van der Waals surface area contributed by atoms with Gasteiger partial charge in [-0.15, -0.1) is 0 Å². The molecule has 2 N–H and O–H groups in total. The second-order valence-electron chi connectivity index (χ2n) is 10.1. The number of hydrogen-bond acceptors (Lipinski definition) is 4. The lowest BCUT2D eigenvalue weighted by atomic mass is 9.88. The zero-order valence-corrected chi connectivity index (χ0v) is 23.6. The van der Waals surface area contributed by atoms with Crippen molar-refractivity contribution >= 4 is 50.5 Å². The Morgan fingerprint density at radius 2 is 1.56 bits per heavy atom. The molecule has 1 saturated carbocycles. The number of piperidine rings is 1. The number of hydrogen-bond donors (Lipinski definition) is 2. The van der Waals surface area contributed by atoms with Gasteiger partial charge in [0.15, 0.2) is 0 Å². The predicted molar refractivity (Wildman–Crippen MR) is 152 cm³/mol. The monoisotopic (exact) mass is 571 g/mol. The van der Waals surface area contributed by atoms with Crippen LogP contribution in [0.4, 0.5) is 5.69 Å². The molecular weight excluding hydrogens is 537 g/mol. The van der Waals surface area contributed by atoms with E-state index in [9.17, 15) is 8.42 Å². The molecule has 1 aliphatic heterocycles. The van der Waals surface area contributed by atoms with Crippen LogP contribution in [-0.2, 0) is 10.0 Å². The molecule has 4 rings (SSSR count). The maximum Gasteiger partial charge on any atom is 0.212 e. The summed E-state index contributed by atoms with van der Waals surface area (Å²) in [7, 11) is -3.33. The molecular formula is C27H36Cl3N3O2S. The molecule has 2 atom stereocenters. The third kappa shape index (κ3) is 7.99. The highest BCUT2D eigenvalue weighted by atomic mass is 35.5. The van der Waals surface area contributed by atoms with E-state index >= 15 is 0 Å². The molecule has 1 saturated heterocycles. The second-order valence-corrected chi connectivity index (χ2v) is 13.3. The third-order valence-corrected chi connectivity index (χ3v) is 9.62. The maximum atomic E-state index is 12.7. The summed E-state index contributed by atoms with van der Waals surface area (Å²) >= 11 is 18.8. The molecule has 0 radical (unpaired) electrons. The Balaban J connectivity index is 1.34. The highest BCUT2D eigenvalue weighted by Crippen LogP contribution is 2.40.